The van der Waals surface area contributed by atoms with Crippen molar-refractivity contribution < 1.29 is 9.90 Å². The lowest BCUT2D eigenvalue weighted by Gasteiger charge is -2.07. The number of aromatic nitrogens is 2. The fraction of sp³-hybridized carbons (Fsp3) is 0.0870. The number of benzene rings is 3. The topological polar surface area (TPSA) is 72.2 Å². The Kier molecular flexibility index (Phi) is 3.62. The maximum Gasteiger partial charge on any atom is 0.335 e. The van der Waals surface area contributed by atoms with Crippen LogP contribution in [0.25, 0.3) is 33.3 Å². The zero-order valence-electron chi connectivity index (χ0n) is 14.9. The predicted molar refractivity (Wildman–Crippen MR) is 109 cm³/mol. The smallest absolute Gasteiger partial charge is 0.335 e. The summed E-state index contributed by atoms with van der Waals surface area (Å²) < 4.78 is 1.68. The van der Waals surface area contributed by atoms with Gasteiger partial charge in [-0.05, 0) is 52.6 Å². The van der Waals surface area contributed by atoms with Crippen LogP contribution in [0, 0.1) is 0 Å². The van der Waals surface area contributed by atoms with Crippen LogP contribution in [0.5, 0.6) is 0 Å². The first-order valence-corrected chi connectivity index (χ1v) is 9.08. The summed E-state index contributed by atoms with van der Waals surface area (Å²) in [4.78, 5) is 28.8. The monoisotopic (exact) mass is 368 g/mol. The summed E-state index contributed by atoms with van der Waals surface area (Å²) in [5.41, 5.74) is 2.48. The number of hydrogen-bond donors (Lipinski definition) is 1. The number of carbonyl (C=O) groups is 1. The molecule has 5 rings (SSSR count). The van der Waals surface area contributed by atoms with Crippen molar-refractivity contribution >= 4 is 39.3 Å². The minimum Gasteiger partial charge on any atom is -0.478 e. The van der Waals surface area contributed by atoms with Crippen molar-refractivity contribution in [1.82, 2.24) is 9.55 Å². The van der Waals surface area contributed by atoms with Crippen LogP contribution in [0.15, 0.2) is 65.5 Å². The van der Waals surface area contributed by atoms with E-state index in [1.807, 2.05) is 18.2 Å². The second kappa shape index (κ2) is 6.16. The molecule has 0 bridgehead atoms. The Bertz CT molecular complexity index is 1360. The third-order valence-corrected chi connectivity index (χ3v) is 5.25. The molecule has 0 atom stereocenters. The van der Waals surface area contributed by atoms with Crippen molar-refractivity contribution in [3.63, 3.8) is 0 Å². The van der Waals surface area contributed by atoms with Gasteiger partial charge in [0.2, 0.25) is 0 Å². The van der Waals surface area contributed by atoms with E-state index in [0.29, 0.717) is 29.7 Å². The van der Waals surface area contributed by atoms with E-state index < -0.39 is 5.97 Å². The summed E-state index contributed by atoms with van der Waals surface area (Å²) in [5.74, 6) is -0.413. The molecular formula is C23H16N2O3. The summed E-state index contributed by atoms with van der Waals surface area (Å²) in [6.07, 6.45) is 2.80. The van der Waals surface area contributed by atoms with Gasteiger partial charge >= 0.3 is 5.97 Å². The molecule has 0 saturated heterocycles. The molecule has 0 radical (unpaired) electrons. The zero-order valence-corrected chi connectivity index (χ0v) is 14.9. The molecule has 2 heterocycles. The summed E-state index contributed by atoms with van der Waals surface area (Å²) in [7, 11) is 0. The molecular weight excluding hydrogens is 352 g/mol. The highest BCUT2D eigenvalue weighted by atomic mass is 16.4. The van der Waals surface area contributed by atoms with Gasteiger partial charge in [-0.1, -0.05) is 42.5 Å². The highest BCUT2D eigenvalue weighted by Crippen LogP contribution is 2.30. The summed E-state index contributed by atoms with van der Waals surface area (Å²) in [6, 6.07) is 18.8. The largest absolute Gasteiger partial charge is 0.478 e. The van der Waals surface area contributed by atoms with Crippen molar-refractivity contribution in [1.29, 1.82) is 0 Å². The molecule has 5 nitrogen and oxygen atoms in total. The molecule has 1 N–H and O–H groups in total. The van der Waals surface area contributed by atoms with Crippen molar-refractivity contribution in [2.75, 3.05) is 0 Å². The average molecular weight is 368 g/mol. The van der Waals surface area contributed by atoms with E-state index in [-0.39, 0.29) is 11.1 Å². The quantitative estimate of drug-likeness (QED) is 0.576. The van der Waals surface area contributed by atoms with Crippen LogP contribution in [0.4, 0.5) is 0 Å². The minimum atomic E-state index is -1.03. The molecule has 1 aliphatic rings. The molecule has 28 heavy (non-hydrogen) atoms. The first-order valence-electron chi connectivity index (χ1n) is 9.08. The fourth-order valence-electron chi connectivity index (χ4n) is 3.85. The Balaban J connectivity index is 1.72. The van der Waals surface area contributed by atoms with Crippen LogP contribution in [0.1, 0.15) is 28.2 Å². The first kappa shape index (κ1) is 16.4. The summed E-state index contributed by atoms with van der Waals surface area (Å²) >= 11 is 0. The van der Waals surface area contributed by atoms with Gasteiger partial charge in [-0.2, -0.15) is 0 Å². The second-order valence-corrected chi connectivity index (χ2v) is 6.92. The number of carboxylic acids is 1. The van der Waals surface area contributed by atoms with Crippen LogP contribution in [0.2, 0.25) is 0 Å². The Labute approximate surface area is 160 Å². The molecule has 5 heteroatoms. The van der Waals surface area contributed by atoms with Crippen molar-refractivity contribution in [2.24, 2.45) is 0 Å². The molecule has 0 unspecified atom stereocenters. The Morgan fingerprint density at radius 1 is 1.04 bits per heavy atom. The normalized spacial score (nSPS) is 14.6. The van der Waals surface area contributed by atoms with Gasteiger partial charge in [-0.15, -0.1) is 0 Å². The number of rotatable bonds is 2. The van der Waals surface area contributed by atoms with Gasteiger partial charge in [0.15, 0.2) is 0 Å². The van der Waals surface area contributed by atoms with Gasteiger partial charge in [0.1, 0.15) is 5.82 Å². The number of hydrogen-bond acceptors (Lipinski definition) is 3. The van der Waals surface area contributed by atoms with E-state index in [0.717, 1.165) is 21.9 Å². The van der Waals surface area contributed by atoms with E-state index >= 15 is 0 Å². The second-order valence-electron chi connectivity index (χ2n) is 6.92. The lowest BCUT2D eigenvalue weighted by Crippen LogP contribution is -2.21. The maximum absolute atomic E-state index is 12.9. The van der Waals surface area contributed by atoms with Gasteiger partial charge in [0, 0.05) is 6.54 Å². The molecule has 0 spiro atoms. The molecule has 0 amide bonds. The van der Waals surface area contributed by atoms with Crippen LogP contribution in [-0.4, -0.2) is 20.6 Å². The lowest BCUT2D eigenvalue weighted by molar-refractivity contribution is 0.0697. The van der Waals surface area contributed by atoms with Gasteiger partial charge in [-0.3, -0.25) is 9.36 Å². The molecule has 4 aromatic rings. The van der Waals surface area contributed by atoms with Gasteiger partial charge in [0.25, 0.3) is 5.56 Å². The average Bonchev–Trinajstić information content (AvgIpc) is 3.11. The van der Waals surface area contributed by atoms with Crippen molar-refractivity contribution in [3.8, 4) is 0 Å². The third-order valence-electron chi connectivity index (χ3n) is 5.25. The Morgan fingerprint density at radius 3 is 2.71 bits per heavy atom. The minimum absolute atomic E-state index is 0.127. The van der Waals surface area contributed by atoms with Gasteiger partial charge in [0.05, 0.1) is 16.5 Å². The predicted octanol–water partition coefficient (Wildman–Crippen LogP) is 4.19. The third kappa shape index (κ3) is 2.52. The van der Waals surface area contributed by atoms with E-state index in [1.54, 1.807) is 10.6 Å². The molecule has 0 aliphatic carbocycles. The number of aromatic carboxylic acids is 1. The lowest BCUT2D eigenvalue weighted by atomic mass is 10.0. The summed E-state index contributed by atoms with van der Waals surface area (Å²) in [6.45, 7) is 0.578. The standard InChI is InChI=1S/C23H16N2O3/c26-22-19-9-8-17(23(27)28)13-20(19)24-21-16(10-11-25(21)22)12-15-6-3-5-14-4-1-2-7-18(14)15/h1-9,12-13H,10-11H2,(H,27,28)/b16-12-. The zero-order chi connectivity index (χ0) is 19.3. The fourth-order valence-corrected chi connectivity index (χ4v) is 3.85. The number of nitrogens with zero attached hydrogens (tertiary/aromatic N) is 2. The van der Waals surface area contributed by atoms with Gasteiger partial charge < -0.3 is 5.11 Å². The van der Waals surface area contributed by atoms with Crippen molar-refractivity contribution in [2.45, 2.75) is 13.0 Å². The van der Waals surface area contributed by atoms with Crippen LogP contribution < -0.4 is 5.56 Å². The number of carboxylic acid groups (broad SMARTS) is 1. The maximum atomic E-state index is 12.9. The van der Waals surface area contributed by atoms with E-state index in [9.17, 15) is 14.7 Å². The van der Waals surface area contributed by atoms with Crippen molar-refractivity contribution in [3.05, 3.63) is 88.0 Å². The molecule has 136 valence electrons. The Hall–Kier alpha value is -3.73. The van der Waals surface area contributed by atoms with Gasteiger partial charge in [-0.25, -0.2) is 9.78 Å². The highest BCUT2D eigenvalue weighted by Gasteiger charge is 2.21. The van der Waals surface area contributed by atoms with Crippen LogP contribution in [0.3, 0.4) is 0 Å². The van der Waals surface area contributed by atoms with Crippen LogP contribution >= 0.6 is 0 Å². The first-order chi connectivity index (χ1) is 13.6. The van der Waals surface area contributed by atoms with E-state index in [2.05, 4.69) is 35.3 Å². The molecule has 0 fully saturated rings. The number of allylic oxidation sites excluding steroid dienone is 1. The molecule has 3 aromatic carbocycles. The summed E-state index contributed by atoms with van der Waals surface area (Å²) in [5, 5.41) is 12.0. The molecule has 1 aliphatic heterocycles. The van der Waals surface area contributed by atoms with E-state index in [1.165, 1.54) is 12.1 Å². The SMILES string of the molecule is O=C(O)c1ccc2c(=O)n3c(nc2c1)/C(=C\c1cccc2ccccc12)CC3. The van der Waals surface area contributed by atoms with E-state index in [4.69, 9.17) is 0 Å². The Morgan fingerprint density at radius 2 is 1.86 bits per heavy atom. The van der Waals surface area contributed by atoms with Crippen LogP contribution in [-0.2, 0) is 6.54 Å². The molecule has 1 aromatic heterocycles. The highest BCUT2D eigenvalue weighted by molar-refractivity contribution is 5.96. The molecule has 0 saturated carbocycles. The number of fused-ring (bicyclic) bond motifs is 3.